The molecule has 0 aliphatic carbocycles. The molecule has 0 spiro atoms. The molecule has 2 heteroatoms. The number of benzene rings is 2. The molecular formula is C17H16O2. The maximum absolute atomic E-state index is 11.8. The lowest BCUT2D eigenvalue weighted by Crippen LogP contribution is -2.11. The molecule has 2 nitrogen and oxygen atoms in total. The van der Waals surface area contributed by atoms with Crippen LogP contribution in [0, 0.1) is 0 Å². The van der Waals surface area contributed by atoms with E-state index in [0.717, 1.165) is 6.42 Å². The van der Waals surface area contributed by atoms with Crippen molar-refractivity contribution in [3.8, 4) is 5.75 Å². The average Bonchev–Trinajstić information content (AvgIpc) is 2.47. The minimum Gasteiger partial charge on any atom is -0.423 e. The summed E-state index contributed by atoms with van der Waals surface area (Å²) < 4.78 is 5.23. The van der Waals surface area contributed by atoms with Gasteiger partial charge in [0.05, 0.1) is 0 Å². The second-order valence-corrected chi connectivity index (χ2v) is 4.29. The zero-order valence-electron chi connectivity index (χ0n) is 10.7. The first-order valence-electron chi connectivity index (χ1n) is 6.24. The zero-order chi connectivity index (χ0) is 13.5. The van der Waals surface area contributed by atoms with E-state index in [9.17, 15) is 4.79 Å². The fourth-order valence-electron chi connectivity index (χ4n) is 1.71. The number of hydrogen-bond acceptors (Lipinski definition) is 2. The Labute approximate surface area is 113 Å². The summed E-state index contributed by atoms with van der Waals surface area (Å²) in [5.74, 6) is 0.190. The van der Waals surface area contributed by atoms with Crippen LogP contribution in [0.2, 0.25) is 0 Å². The van der Waals surface area contributed by atoms with Crippen molar-refractivity contribution in [3.63, 3.8) is 0 Å². The van der Waals surface area contributed by atoms with Crippen LogP contribution in [0.4, 0.5) is 0 Å². The van der Waals surface area contributed by atoms with E-state index < -0.39 is 0 Å². The molecule has 0 heterocycles. The number of esters is 1. The van der Waals surface area contributed by atoms with Gasteiger partial charge in [-0.25, -0.2) is 4.79 Å². The molecule has 19 heavy (non-hydrogen) atoms. The van der Waals surface area contributed by atoms with Crippen LogP contribution < -0.4 is 4.74 Å². The van der Waals surface area contributed by atoms with E-state index >= 15 is 0 Å². The van der Waals surface area contributed by atoms with Gasteiger partial charge < -0.3 is 4.74 Å². The van der Waals surface area contributed by atoms with Crippen LogP contribution in [0.3, 0.4) is 0 Å². The van der Waals surface area contributed by atoms with Crippen LogP contribution in [0.5, 0.6) is 5.75 Å². The number of carbonyl (C=O) groups excluding carboxylic acids is 1. The van der Waals surface area contributed by atoms with Crippen molar-refractivity contribution in [2.45, 2.75) is 12.8 Å². The van der Waals surface area contributed by atoms with E-state index in [1.54, 1.807) is 12.1 Å². The van der Waals surface area contributed by atoms with Crippen molar-refractivity contribution in [2.75, 3.05) is 0 Å². The van der Waals surface area contributed by atoms with Gasteiger partial charge in [-0.05, 0) is 30.5 Å². The first kappa shape index (κ1) is 13.1. The summed E-state index contributed by atoms with van der Waals surface area (Å²) in [6.07, 6.45) is 1.40. The zero-order valence-corrected chi connectivity index (χ0v) is 10.7. The Morgan fingerprint density at radius 1 is 0.947 bits per heavy atom. The SMILES string of the molecule is C=C(CCc1ccccc1)C(=O)Oc1ccccc1. The highest BCUT2D eigenvalue weighted by molar-refractivity contribution is 5.89. The number of rotatable bonds is 5. The molecule has 0 aliphatic heterocycles. The Balaban J connectivity index is 1.85. The summed E-state index contributed by atoms with van der Waals surface area (Å²) in [5.41, 5.74) is 1.68. The average molecular weight is 252 g/mol. The van der Waals surface area contributed by atoms with Gasteiger partial charge in [0.2, 0.25) is 0 Å². The fourth-order valence-corrected chi connectivity index (χ4v) is 1.71. The van der Waals surface area contributed by atoms with Crippen LogP contribution in [0.15, 0.2) is 72.8 Å². The normalized spacial score (nSPS) is 9.89. The van der Waals surface area contributed by atoms with Crippen LogP contribution in [0.25, 0.3) is 0 Å². The first-order chi connectivity index (χ1) is 9.25. The Morgan fingerprint density at radius 3 is 2.16 bits per heavy atom. The molecule has 0 saturated carbocycles. The van der Waals surface area contributed by atoms with Gasteiger partial charge in [0.25, 0.3) is 0 Å². The molecular weight excluding hydrogens is 236 g/mol. The Morgan fingerprint density at radius 2 is 1.53 bits per heavy atom. The lowest BCUT2D eigenvalue weighted by atomic mass is 10.1. The minimum absolute atomic E-state index is 0.359. The smallest absolute Gasteiger partial charge is 0.338 e. The second-order valence-electron chi connectivity index (χ2n) is 4.29. The van der Waals surface area contributed by atoms with E-state index in [-0.39, 0.29) is 5.97 Å². The van der Waals surface area contributed by atoms with Gasteiger partial charge in [-0.2, -0.15) is 0 Å². The Bertz CT molecular complexity index is 544. The minimum atomic E-state index is -0.359. The van der Waals surface area contributed by atoms with Gasteiger partial charge in [0.15, 0.2) is 0 Å². The highest BCUT2D eigenvalue weighted by Gasteiger charge is 2.09. The molecule has 2 rings (SSSR count). The van der Waals surface area contributed by atoms with Gasteiger partial charge in [-0.15, -0.1) is 0 Å². The van der Waals surface area contributed by atoms with Crippen molar-refractivity contribution >= 4 is 5.97 Å². The lowest BCUT2D eigenvalue weighted by Gasteiger charge is -2.06. The standard InChI is InChI=1S/C17H16O2/c1-14(12-13-15-8-4-2-5-9-15)17(18)19-16-10-6-3-7-11-16/h2-11H,1,12-13H2. The summed E-state index contributed by atoms with van der Waals surface area (Å²) >= 11 is 0. The van der Waals surface area contributed by atoms with Crippen LogP contribution in [0.1, 0.15) is 12.0 Å². The van der Waals surface area contributed by atoms with Gasteiger partial charge in [0.1, 0.15) is 5.75 Å². The number of ether oxygens (including phenoxy) is 1. The van der Waals surface area contributed by atoms with E-state index in [4.69, 9.17) is 4.74 Å². The molecule has 0 radical (unpaired) electrons. The maximum atomic E-state index is 11.8. The van der Waals surface area contributed by atoms with Crippen molar-refractivity contribution in [1.29, 1.82) is 0 Å². The molecule has 0 unspecified atom stereocenters. The molecule has 0 amide bonds. The summed E-state index contributed by atoms with van der Waals surface area (Å²) in [6.45, 7) is 3.79. The van der Waals surface area contributed by atoms with Crippen LogP contribution in [-0.4, -0.2) is 5.97 Å². The van der Waals surface area contributed by atoms with E-state index in [1.165, 1.54) is 5.56 Å². The highest BCUT2D eigenvalue weighted by atomic mass is 16.5. The third-order valence-electron chi connectivity index (χ3n) is 2.80. The van der Waals surface area contributed by atoms with E-state index in [1.807, 2.05) is 48.5 Å². The molecule has 2 aromatic rings. The maximum Gasteiger partial charge on any atom is 0.338 e. The van der Waals surface area contributed by atoms with Crippen molar-refractivity contribution in [3.05, 3.63) is 78.4 Å². The van der Waals surface area contributed by atoms with Gasteiger partial charge in [-0.1, -0.05) is 55.1 Å². The fraction of sp³-hybridized carbons (Fsp3) is 0.118. The number of para-hydroxylation sites is 1. The Hall–Kier alpha value is -2.35. The highest BCUT2D eigenvalue weighted by Crippen LogP contribution is 2.13. The first-order valence-corrected chi connectivity index (χ1v) is 6.24. The van der Waals surface area contributed by atoms with Crippen LogP contribution >= 0.6 is 0 Å². The largest absolute Gasteiger partial charge is 0.423 e. The van der Waals surface area contributed by atoms with E-state index in [2.05, 4.69) is 6.58 Å². The quantitative estimate of drug-likeness (QED) is 0.460. The topological polar surface area (TPSA) is 26.3 Å². The van der Waals surface area contributed by atoms with Gasteiger partial charge in [-0.3, -0.25) is 0 Å². The van der Waals surface area contributed by atoms with E-state index in [0.29, 0.717) is 17.7 Å². The molecule has 2 aromatic carbocycles. The monoisotopic (exact) mass is 252 g/mol. The molecule has 0 atom stereocenters. The molecule has 0 fully saturated rings. The number of carbonyl (C=O) groups is 1. The molecule has 0 aromatic heterocycles. The van der Waals surface area contributed by atoms with Crippen molar-refractivity contribution < 1.29 is 9.53 Å². The van der Waals surface area contributed by atoms with Gasteiger partial charge >= 0.3 is 5.97 Å². The van der Waals surface area contributed by atoms with Gasteiger partial charge in [0, 0.05) is 5.57 Å². The molecule has 0 N–H and O–H groups in total. The molecule has 96 valence electrons. The second kappa shape index (κ2) is 6.55. The summed E-state index contributed by atoms with van der Waals surface area (Å²) in [7, 11) is 0. The lowest BCUT2D eigenvalue weighted by molar-refractivity contribution is -0.130. The summed E-state index contributed by atoms with van der Waals surface area (Å²) in [5, 5.41) is 0. The van der Waals surface area contributed by atoms with Crippen molar-refractivity contribution in [2.24, 2.45) is 0 Å². The molecule has 0 saturated heterocycles. The third-order valence-corrected chi connectivity index (χ3v) is 2.80. The predicted molar refractivity (Wildman–Crippen MR) is 76.0 cm³/mol. The summed E-state index contributed by atoms with van der Waals surface area (Å²) in [4.78, 5) is 11.8. The summed E-state index contributed by atoms with van der Waals surface area (Å²) in [6, 6.07) is 19.1. The number of aryl methyl sites for hydroxylation is 1. The van der Waals surface area contributed by atoms with Crippen LogP contribution in [-0.2, 0) is 11.2 Å². The molecule has 0 bridgehead atoms. The number of hydrogen-bond donors (Lipinski definition) is 0. The Kier molecular flexibility index (Phi) is 4.51. The third kappa shape index (κ3) is 4.11. The predicted octanol–water partition coefficient (Wildman–Crippen LogP) is 3.78. The molecule has 0 aliphatic rings. The van der Waals surface area contributed by atoms with Crippen molar-refractivity contribution in [1.82, 2.24) is 0 Å².